The van der Waals surface area contributed by atoms with Gasteiger partial charge in [0.1, 0.15) is 11.6 Å². The third kappa shape index (κ3) is 4.67. The smallest absolute Gasteiger partial charge is 0.248 e. The van der Waals surface area contributed by atoms with Crippen LogP contribution in [-0.2, 0) is 19.1 Å². The Bertz CT molecular complexity index is 832. The summed E-state index contributed by atoms with van der Waals surface area (Å²) in [7, 11) is 0. The van der Waals surface area contributed by atoms with Crippen LogP contribution in [0.25, 0.3) is 0 Å². The lowest BCUT2D eigenvalue weighted by Gasteiger charge is -2.36. The summed E-state index contributed by atoms with van der Waals surface area (Å²) in [6.07, 6.45) is 8.23. The summed E-state index contributed by atoms with van der Waals surface area (Å²) in [4.78, 5) is 46.7. The number of hydrogen-bond donors (Lipinski definition) is 1. The SMILES string of the molecule is C=CCN(CCCCC)C(=O)C1N(CCO)C(=O)[C@@H]2[C@H](C(=O)N(CC=C)CCC)[C@]3(C)CCC12O3. The van der Waals surface area contributed by atoms with Gasteiger partial charge in [-0.05, 0) is 32.6 Å². The number of fused-ring (bicyclic) bond motifs is 1. The van der Waals surface area contributed by atoms with Gasteiger partial charge in [0.2, 0.25) is 17.7 Å². The molecule has 1 N–H and O–H groups in total. The molecule has 3 aliphatic rings. The molecule has 0 aromatic carbocycles. The Kier molecular flexibility index (Phi) is 8.81. The molecule has 2 unspecified atom stereocenters. The topological polar surface area (TPSA) is 90.4 Å². The summed E-state index contributed by atoms with van der Waals surface area (Å²) in [5, 5.41) is 9.78. The second-order valence-corrected chi connectivity index (χ2v) is 10.3. The molecule has 0 aliphatic carbocycles. The van der Waals surface area contributed by atoms with Crippen molar-refractivity contribution in [1.82, 2.24) is 14.7 Å². The van der Waals surface area contributed by atoms with Crippen LogP contribution in [0.1, 0.15) is 59.3 Å². The van der Waals surface area contributed by atoms with E-state index in [-0.39, 0.29) is 30.9 Å². The summed E-state index contributed by atoms with van der Waals surface area (Å²) < 4.78 is 6.66. The monoisotopic (exact) mass is 489 g/mol. The fraction of sp³-hybridized carbons (Fsp3) is 0.741. The largest absolute Gasteiger partial charge is 0.395 e. The van der Waals surface area contributed by atoms with Crippen molar-refractivity contribution < 1.29 is 24.2 Å². The van der Waals surface area contributed by atoms with E-state index in [9.17, 15) is 19.5 Å². The number of aliphatic hydroxyl groups excluding tert-OH is 1. The van der Waals surface area contributed by atoms with Gasteiger partial charge >= 0.3 is 0 Å². The highest BCUT2D eigenvalue weighted by atomic mass is 16.5. The van der Waals surface area contributed by atoms with Crippen molar-refractivity contribution in [3.63, 3.8) is 0 Å². The molecule has 35 heavy (non-hydrogen) atoms. The van der Waals surface area contributed by atoms with Gasteiger partial charge in [-0.2, -0.15) is 0 Å². The number of rotatable bonds is 14. The highest BCUT2D eigenvalue weighted by molar-refractivity contribution is 5.99. The lowest BCUT2D eigenvalue weighted by Crippen LogP contribution is -2.56. The fourth-order valence-corrected chi connectivity index (χ4v) is 6.52. The maximum absolute atomic E-state index is 14.0. The quantitative estimate of drug-likeness (QED) is 0.299. The predicted molar refractivity (Wildman–Crippen MR) is 134 cm³/mol. The number of carbonyl (C=O) groups is 3. The zero-order valence-electron chi connectivity index (χ0n) is 21.7. The summed E-state index contributed by atoms with van der Waals surface area (Å²) >= 11 is 0. The van der Waals surface area contributed by atoms with Crippen molar-refractivity contribution in [3.8, 4) is 0 Å². The lowest BCUT2D eigenvalue weighted by molar-refractivity contribution is -0.153. The van der Waals surface area contributed by atoms with E-state index in [1.54, 1.807) is 22.0 Å². The van der Waals surface area contributed by atoms with Gasteiger partial charge in [0.05, 0.1) is 24.0 Å². The molecule has 3 aliphatic heterocycles. The first-order valence-corrected chi connectivity index (χ1v) is 13.2. The second kappa shape index (κ2) is 11.2. The number of unbranched alkanes of at least 4 members (excludes halogenated alkanes) is 2. The minimum atomic E-state index is -1.06. The summed E-state index contributed by atoms with van der Waals surface area (Å²) in [6, 6.07) is -0.854. The minimum Gasteiger partial charge on any atom is -0.395 e. The predicted octanol–water partition coefficient (Wildman–Crippen LogP) is 2.37. The van der Waals surface area contributed by atoms with Crippen molar-refractivity contribution in [3.05, 3.63) is 25.3 Å². The normalized spacial score (nSPS) is 30.9. The van der Waals surface area contributed by atoms with Gasteiger partial charge in [0.15, 0.2) is 0 Å². The van der Waals surface area contributed by atoms with Gasteiger partial charge in [0, 0.05) is 32.7 Å². The molecule has 3 rings (SSSR count). The molecule has 0 saturated carbocycles. The zero-order chi connectivity index (χ0) is 25.8. The molecule has 2 bridgehead atoms. The maximum Gasteiger partial charge on any atom is 0.248 e. The molecule has 0 aromatic heterocycles. The van der Waals surface area contributed by atoms with E-state index in [1.165, 1.54) is 4.90 Å². The number of likely N-dealkylation sites (tertiary alicyclic amines) is 1. The van der Waals surface area contributed by atoms with E-state index in [1.807, 2.05) is 13.8 Å². The van der Waals surface area contributed by atoms with Crippen LogP contribution >= 0.6 is 0 Å². The summed E-state index contributed by atoms with van der Waals surface area (Å²) in [6.45, 7) is 15.3. The Morgan fingerprint density at radius 3 is 2.31 bits per heavy atom. The van der Waals surface area contributed by atoms with E-state index < -0.39 is 29.1 Å². The van der Waals surface area contributed by atoms with Crippen LogP contribution in [0.2, 0.25) is 0 Å². The van der Waals surface area contributed by atoms with Crippen molar-refractivity contribution in [2.45, 2.75) is 76.5 Å². The summed E-state index contributed by atoms with van der Waals surface area (Å²) in [5.74, 6) is -1.96. The minimum absolute atomic E-state index is 0.0384. The number of β-amino-alcohol motifs (C(OH)–C–C–N with tert-alkyl or cyclic N) is 1. The number of amides is 3. The number of nitrogens with zero attached hydrogens (tertiary/aromatic N) is 3. The molecule has 8 heteroatoms. The van der Waals surface area contributed by atoms with Crippen LogP contribution in [0, 0.1) is 11.8 Å². The van der Waals surface area contributed by atoms with Crippen LogP contribution in [-0.4, -0.2) is 94.1 Å². The molecule has 1 spiro atoms. The molecule has 196 valence electrons. The second-order valence-electron chi connectivity index (χ2n) is 10.3. The molecule has 5 atom stereocenters. The molecule has 3 heterocycles. The number of ether oxygens (including phenoxy) is 1. The van der Waals surface area contributed by atoms with Crippen molar-refractivity contribution >= 4 is 17.7 Å². The molecule has 0 aromatic rings. The average Bonchev–Trinajstić information content (AvgIpc) is 3.39. The van der Waals surface area contributed by atoms with E-state index in [0.717, 1.165) is 25.7 Å². The lowest BCUT2D eigenvalue weighted by atomic mass is 9.66. The zero-order valence-corrected chi connectivity index (χ0v) is 21.7. The highest BCUT2D eigenvalue weighted by Gasteiger charge is 2.78. The molecule has 8 nitrogen and oxygen atoms in total. The van der Waals surface area contributed by atoms with E-state index in [2.05, 4.69) is 20.1 Å². The molecule has 3 fully saturated rings. The molecule has 3 amide bonds. The van der Waals surface area contributed by atoms with Gasteiger partial charge in [-0.3, -0.25) is 14.4 Å². The number of carbonyl (C=O) groups excluding carboxylic acids is 3. The first kappa shape index (κ1) is 27.4. The third-order valence-electron chi connectivity index (χ3n) is 7.96. The van der Waals surface area contributed by atoms with E-state index in [0.29, 0.717) is 39.0 Å². The average molecular weight is 490 g/mol. The Morgan fingerprint density at radius 1 is 1.09 bits per heavy atom. The molecular weight excluding hydrogens is 446 g/mol. The number of aliphatic hydroxyl groups is 1. The highest BCUT2D eigenvalue weighted by Crippen LogP contribution is 2.63. The van der Waals surface area contributed by atoms with Crippen molar-refractivity contribution in [1.29, 1.82) is 0 Å². The van der Waals surface area contributed by atoms with Crippen LogP contribution in [0.15, 0.2) is 25.3 Å². The first-order valence-electron chi connectivity index (χ1n) is 13.2. The first-order chi connectivity index (χ1) is 16.8. The number of hydrogen-bond acceptors (Lipinski definition) is 5. The van der Waals surface area contributed by atoms with Crippen LogP contribution < -0.4 is 0 Å². The summed E-state index contributed by atoms with van der Waals surface area (Å²) in [5.41, 5.74) is -1.87. The molecular formula is C27H43N3O5. The molecule has 3 saturated heterocycles. The van der Waals surface area contributed by atoms with Gasteiger partial charge in [-0.15, -0.1) is 13.2 Å². The van der Waals surface area contributed by atoms with Gasteiger partial charge in [0.25, 0.3) is 0 Å². The van der Waals surface area contributed by atoms with E-state index in [4.69, 9.17) is 4.74 Å². The third-order valence-corrected chi connectivity index (χ3v) is 7.96. The Morgan fingerprint density at radius 2 is 1.74 bits per heavy atom. The van der Waals surface area contributed by atoms with E-state index >= 15 is 0 Å². The Balaban J connectivity index is 2.01. The van der Waals surface area contributed by atoms with Gasteiger partial charge in [-0.1, -0.05) is 38.8 Å². The fourth-order valence-electron chi connectivity index (χ4n) is 6.52. The maximum atomic E-state index is 14.0. The van der Waals surface area contributed by atoms with Crippen LogP contribution in [0.3, 0.4) is 0 Å². The Labute approximate surface area is 210 Å². The van der Waals surface area contributed by atoms with Gasteiger partial charge in [-0.25, -0.2) is 0 Å². The Hall–Kier alpha value is -2.19. The van der Waals surface area contributed by atoms with Crippen LogP contribution in [0.4, 0.5) is 0 Å². The van der Waals surface area contributed by atoms with Gasteiger partial charge < -0.3 is 24.5 Å². The molecule has 0 radical (unpaired) electrons. The standard InChI is InChI=1S/C27H43N3O5/c1-6-10-11-17-29(16-9-4)25(34)22-27-13-12-26(5,35-27)20(21(27)24(33)30(22)18-19-31)23(32)28(14-7-2)15-8-3/h7,9,20-22,31H,2,4,6,8,10-19H2,1,3,5H3/t20-,21+,22?,26+,27?/m1/s1. The van der Waals surface area contributed by atoms with Crippen molar-refractivity contribution in [2.24, 2.45) is 11.8 Å². The van der Waals surface area contributed by atoms with Crippen molar-refractivity contribution in [2.75, 3.05) is 39.3 Å². The van der Waals surface area contributed by atoms with Crippen LogP contribution in [0.5, 0.6) is 0 Å².